The van der Waals surface area contributed by atoms with Crippen molar-refractivity contribution in [2.45, 2.75) is 13.2 Å². The molecule has 1 heterocycles. The lowest BCUT2D eigenvalue weighted by atomic mass is 9.79. The lowest BCUT2D eigenvalue weighted by molar-refractivity contribution is 0.0929. The maximum Gasteiger partial charge on any atom is 0.492 e. The molecule has 6 heteroatoms. The van der Waals surface area contributed by atoms with E-state index >= 15 is 0 Å². The molecule has 1 aromatic heterocycles. The Hall–Kier alpha value is -1.76. The number of hydrogen-bond acceptors (Lipinski definition) is 5. The van der Waals surface area contributed by atoms with Gasteiger partial charge in [0.15, 0.2) is 0 Å². The van der Waals surface area contributed by atoms with Crippen LogP contribution in [0.5, 0.6) is 5.75 Å². The van der Waals surface area contributed by atoms with E-state index in [0.29, 0.717) is 24.4 Å². The van der Waals surface area contributed by atoms with E-state index in [4.69, 9.17) is 13.9 Å². The highest BCUT2D eigenvalue weighted by molar-refractivity contribution is 6.59. The molecule has 0 aliphatic carbocycles. The molecule has 0 amide bonds. The first kappa shape index (κ1) is 13.7. The molecule has 0 atom stereocenters. The van der Waals surface area contributed by atoms with Gasteiger partial charge in [-0.1, -0.05) is 12.1 Å². The molecule has 2 rings (SSSR count). The topological polar surface area (TPSA) is 72.1 Å². The molecule has 19 heavy (non-hydrogen) atoms. The number of furan rings is 1. The molecule has 0 fully saturated rings. The summed E-state index contributed by atoms with van der Waals surface area (Å²) in [6.07, 6.45) is 1.59. The van der Waals surface area contributed by atoms with Crippen molar-refractivity contribution < 1.29 is 23.9 Å². The Labute approximate surface area is 111 Å². The van der Waals surface area contributed by atoms with E-state index in [2.05, 4.69) is 0 Å². The largest absolute Gasteiger partial charge is 0.497 e. The summed E-state index contributed by atoms with van der Waals surface area (Å²) in [6, 6.07) is 8.77. The molecule has 100 valence electrons. The van der Waals surface area contributed by atoms with E-state index in [1.54, 1.807) is 24.5 Å². The highest BCUT2D eigenvalue weighted by Crippen LogP contribution is 2.12. The Bertz CT molecular complexity index is 510. The van der Waals surface area contributed by atoms with Gasteiger partial charge in [-0.15, -0.1) is 0 Å². The summed E-state index contributed by atoms with van der Waals surface area (Å²) in [5.74, 6) is 1.18. The van der Waals surface area contributed by atoms with Gasteiger partial charge in [0, 0.05) is 5.46 Å². The summed E-state index contributed by atoms with van der Waals surface area (Å²) in [6.45, 7) is 0.723. The molecular formula is C13H15BO5. The number of methoxy groups -OCH3 is 1. The number of ether oxygens (including phenoxy) is 2. The molecule has 1 aromatic carbocycles. The zero-order valence-corrected chi connectivity index (χ0v) is 10.6. The first-order chi connectivity index (χ1) is 9.20. The zero-order valence-electron chi connectivity index (χ0n) is 10.6. The Morgan fingerprint density at radius 1 is 1.21 bits per heavy atom. The number of rotatable bonds is 6. The van der Waals surface area contributed by atoms with Gasteiger partial charge >= 0.3 is 7.12 Å². The van der Waals surface area contributed by atoms with Crippen molar-refractivity contribution in [1.29, 1.82) is 0 Å². The minimum absolute atomic E-state index is 0.321. The summed E-state index contributed by atoms with van der Waals surface area (Å²) in [7, 11) is -0.0890. The molecule has 0 aliphatic heterocycles. The molecule has 0 bridgehead atoms. The Morgan fingerprint density at radius 3 is 2.68 bits per heavy atom. The average molecular weight is 262 g/mol. The summed E-state index contributed by atoms with van der Waals surface area (Å²) in [5.41, 5.74) is 1.15. The van der Waals surface area contributed by atoms with Gasteiger partial charge in [0.25, 0.3) is 0 Å². The van der Waals surface area contributed by atoms with Crippen LogP contribution in [0, 0.1) is 0 Å². The third-order valence-electron chi connectivity index (χ3n) is 2.67. The standard InChI is InChI=1S/C13H15BO5/c1-17-13-5-4-10(7-12(13)14(15)16)8-18-9-11-3-2-6-19-11/h2-7,15-16H,8-9H2,1H3. The zero-order chi connectivity index (χ0) is 13.7. The van der Waals surface area contributed by atoms with Crippen LogP contribution in [0.25, 0.3) is 0 Å². The smallest absolute Gasteiger partial charge is 0.492 e. The molecule has 2 N–H and O–H groups in total. The summed E-state index contributed by atoms with van der Waals surface area (Å²) < 4.78 is 15.7. The summed E-state index contributed by atoms with van der Waals surface area (Å²) in [5, 5.41) is 18.5. The fraction of sp³-hybridized carbons (Fsp3) is 0.231. The van der Waals surface area contributed by atoms with E-state index < -0.39 is 7.12 Å². The van der Waals surface area contributed by atoms with Crippen LogP contribution in [0.3, 0.4) is 0 Å². The highest BCUT2D eigenvalue weighted by atomic mass is 16.5. The first-order valence-electron chi connectivity index (χ1n) is 5.84. The van der Waals surface area contributed by atoms with E-state index in [9.17, 15) is 10.0 Å². The van der Waals surface area contributed by atoms with Crippen molar-refractivity contribution in [1.82, 2.24) is 0 Å². The van der Waals surface area contributed by atoms with Crippen molar-refractivity contribution in [2.75, 3.05) is 7.11 Å². The Morgan fingerprint density at radius 2 is 2.05 bits per heavy atom. The molecule has 0 aliphatic rings. The fourth-order valence-electron chi connectivity index (χ4n) is 1.74. The maximum absolute atomic E-state index is 9.26. The van der Waals surface area contributed by atoms with Crippen molar-refractivity contribution in [2.24, 2.45) is 0 Å². The maximum atomic E-state index is 9.26. The van der Waals surface area contributed by atoms with E-state index in [0.717, 1.165) is 11.3 Å². The van der Waals surface area contributed by atoms with Gasteiger partial charge in [-0.3, -0.25) is 0 Å². The summed E-state index contributed by atoms with van der Waals surface area (Å²) in [4.78, 5) is 0. The minimum atomic E-state index is -1.57. The van der Waals surface area contributed by atoms with E-state index in [1.165, 1.54) is 7.11 Å². The molecule has 5 nitrogen and oxygen atoms in total. The fourth-order valence-corrected chi connectivity index (χ4v) is 1.74. The predicted octanol–water partition coefficient (Wildman–Crippen LogP) is 0.685. The second-order valence-electron chi connectivity index (χ2n) is 4.02. The van der Waals surface area contributed by atoms with Gasteiger partial charge in [-0.2, -0.15) is 0 Å². The first-order valence-corrected chi connectivity index (χ1v) is 5.84. The van der Waals surface area contributed by atoms with Crippen molar-refractivity contribution in [3.8, 4) is 5.75 Å². The molecule has 0 spiro atoms. The number of benzene rings is 1. The quantitative estimate of drug-likeness (QED) is 0.749. The molecule has 0 saturated carbocycles. The van der Waals surface area contributed by atoms with Gasteiger partial charge in [-0.25, -0.2) is 0 Å². The molecule has 0 unspecified atom stereocenters. The van der Waals surface area contributed by atoms with Crippen molar-refractivity contribution in [3.05, 3.63) is 47.9 Å². The average Bonchev–Trinajstić information content (AvgIpc) is 2.91. The highest BCUT2D eigenvalue weighted by Gasteiger charge is 2.17. The summed E-state index contributed by atoms with van der Waals surface area (Å²) >= 11 is 0. The Kier molecular flexibility index (Phi) is 4.62. The minimum Gasteiger partial charge on any atom is -0.497 e. The lowest BCUT2D eigenvalue weighted by Crippen LogP contribution is -2.31. The second-order valence-corrected chi connectivity index (χ2v) is 4.02. The molecular weight excluding hydrogens is 247 g/mol. The van der Waals surface area contributed by atoms with Crippen molar-refractivity contribution in [3.63, 3.8) is 0 Å². The third-order valence-corrected chi connectivity index (χ3v) is 2.67. The van der Waals surface area contributed by atoms with Gasteiger partial charge in [-0.05, 0) is 23.8 Å². The van der Waals surface area contributed by atoms with Crippen LogP contribution < -0.4 is 10.2 Å². The van der Waals surface area contributed by atoms with Gasteiger partial charge in [0.1, 0.15) is 18.1 Å². The monoisotopic (exact) mass is 262 g/mol. The van der Waals surface area contributed by atoms with Crippen LogP contribution in [0.15, 0.2) is 41.0 Å². The molecule has 0 radical (unpaired) electrons. The molecule has 2 aromatic rings. The second kappa shape index (κ2) is 6.42. The van der Waals surface area contributed by atoms with Gasteiger partial charge in [0.05, 0.1) is 20.0 Å². The van der Waals surface area contributed by atoms with Gasteiger partial charge < -0.3 is 23.9 Å². The van der Waals surface area contributed by atoms with Crippen LogP contribution in [0.1, 0.15) is 11.3 Å². The van der Waals surface area contributed by atoms with Crippen LogP contribution in [-0.4, -0.2) is 24.3 Å². The lowest BCUT2D eigenvalue weighted by Gasteiger charge is -2.10. The SMILES string of the molecule is COc1ccc(COCc2ccco2)cc1B(O)O. The number of hydrogen-bond donors (Lipinski definition) is 2. The third kappa shape index (κ3) is 3.60. The Balaban J connectivity index is 1.98. The van der Waals surface area contributed by atoms with Crippen molar-refractivity contribution >= 4 is 12.6 Å². The van der Waals surface area contributed by atoms with Crippen LogP contribution in [0.4, 0.5) is 0 Å². The van der Waals surface area contributed by atoms with Gasteiger partial charge in [0.2, 0.25) is 0 Å². The van der Waals surface area contributed by atoms with E-state index in [-0.39, 0.29) is 0 Å². The van der Waals surface area contributed by atoms with Crippen LogP contribution >= 0.6 is 0 Å². The van der Waals surface area contributed by atoms with Crippen LogP contribution in [0.2, 0.25) is 0 Å². The normalized spacial score (nSPS) is 10.5. The molecule has 0 saturated heterocycles. The van der Waals surface area contributed by atoms with E-state index in [1.807, 2.05) is 12.1 Å². The predicted molar refractivity (Wildman–Crippen MR) is 70.0 cm³/mol. The van der Waals surface area contributed by atoms with Crippen LogP contribution in [-0.2, 0) is 18.0 Å².